The van der Waals surface area contributed by atoms with Gasteiger partial charge in [0, 0.05) is 18.8 Å². The van der Waals surface area contributed by atoms with E-state index in [0.29, 0.717) is 0 Å². The Morgan fingerprint density at radius 3 is 2.43 bits per heavy atom. The van der Waals surface area contributed by atoms with E-state index in [1.165, 1.54) is 55.2 Å². The van der Waals surface area contributed by atoms with Gasteiger partial charge in [-0.25, -0.2) is 4.78 Å². The minimum atomic E-state index is -2.41. The van der Waals surface area contributed by atoms with E-state index in [4.69, 9.17) is 21.4 Å². The predicted octanol–water partition coefficient (Wildman–Crippen LogP) is 6.01. The van der Waals surface area contributed by atoms with E-state index in [-0.39, 0.29) is 6.10 Å². The second-order valence-electron chi connectivity index (χ2n) is 8.40. The number of anilines is 1. The van der Waals surface area contributed by atoms with E-state index in [1.54, 1.807) is 0 Å². The van der Waals surface area contributed by atoms with Crippen molar-refractivity contribution in [3.8, 4) is 0 Å². The molecule has 2 aliphatic carbocycles. The number of allylic oxidation sites excluding steroid dienone is 2. The fourth-order valence-corrected chi connectivity index (χ4v) is 9.17. The van der Waals surface area contributed by atoms with Gasteiger partial charge in [-0.15, -0.1) is 0 Å². The van der Waals surface area contributed by atoms with Gasteiger partial charge in [0.2, 0.25) is 6.42 Å². The second kappa shape index (κ2) is 7.93. The van der Waals surface area contributed by atoms with Crippen LogP contribution in [-0.4, -0.2) is 29.8 Å². The number of nitrogens with zero attached hydrogens (tertiary/aromatic N) is 3. The zero-order valence-electron chi connectivity index (χ0n) is 16.6. The average molecular weight is 416 g/mol. The smallest absolute Gasteiger partial charge is 0.210 e. The van der Waals surface area contributed by atoms with E-state index >= 15 is 0 Å². The van der Waals surface area contributed by atoms with Crippen LogP contribution < -0.4 is 4.78 Å². The van der Waals surface area contributed by atoms with E-state index in [1.807, 2.05) is 0 Å². The summed E-state index contributed by atoms with van der Waals surface area (Å²) in [6.45, 7) is 2.33. The van der Waals surface area contributed by atoms with Gasteiger partial charge in [0.15, 0.2) is 0 Å². The third kappa shape index (κ3) is 3.36. The van der Waals surface area contributed by atoms with Crippen molar-refractivity contribution >= 4 is 29.6 Å². The lowest BCUT2D eigenvalue weighted by molar-refractivity contribution is 0.173. The van der Waals surface area contributed by atoms with Crippen LogP contribution in [0, 0.1) is 0 Å². The average Bonchev–Trinajstić information content (AvgIpc) is 3.37. The molecule has 0 unspecified atom stereocenters. The van der Waals surface area contributed by atoms with Crippen molar-refractivity contribution < 1.29 is 4.52 Å². The first kappa shape index (κ1) is 18.8. The van der Waals surface area contributed by atoms with Gasteiger partial charge < -0.3 is 9.42 Å². The summed E-state index contributed by atoms with van der Waals surface area (Å²) in [5, 5.41) is 6.42. The Labute approximate surface area is 173 Å². The summed E-state index contributed by atoms with van der Waals surface area (Å²) in [5.41, 5.74) is 3.74. The van der Waals surface area contributed by atoms with Crippen molar-refractivity contribution in [1.82, 2.24) is 4.90 Å². The van der Waals surface area contributed by atoms with Crippen molar-refractivity contribution in [2.75, 3.05) is 17.9 Å². The predicted molar refractivity (Wildman–Crippen MR) is 120 cm³/mol. The van der Waals surface area contributed by atoms with E-state index in [0.717, 1.165) is 44.5 Å². The van der Waals surface area contributed by atoms with Gasteiger partial charge in [-0.2, -0.15) is 5.10 Å². The highest BCUT2D eigenvalue weighted by atomic mass is 32.4. The summed E-state index contributed by atoms with van der Waals surface area (Å²) < 4.78 is 9.03. The van der Waals surface area contributed by atoms with E-state index in [2.05, 4.69) is 40.0 Å². The zero-order chi connectivity index (χ0) is 19.0. The molecule has 2 fully saturated rings. The molecule has 28 heavy (non-hydrogen) atoms. The molecular weight excluding hydrogens is 385 g/mol. The van der Waals surface area contributed by atoms with Crippen molar-refractivity contribution in [3.05, 3.63) is 41.3 Å². The lowest BCUT2D eigenvalue weighted by Crippen LogP contribution is -2.26. The third-order valence-electron chi connectivity index (χ3n) is 6.44. The number of benzene rings is 1. The fraction of sp³-hybridized carbons (Fsp3) is 0.591. The molecule has 0 amide bonds. The van der Waals surface area contributed by atoms with Crippen molar-refractivity contribution in [2.24, 2.45) is 5.10 Å². The molecule has 150 valence electrons. The highest BCUT2D eigenvalue weighted by Crippen LogP contribution is 2.68. The lowest BCUT2D eigenvalue weighted by atomic mass is 9.98. The molecule has 0 spiro atoms. The summed E-state index contributed by atoms with van der Waals surface area (Å²) in [7, 11) is 0. The fourth-order valence-electron chi connectivity index (χ4n) is 5.05. The molecule has 1 aromatic rings. The van der Waals surface area contributed by atoms with Crippen molar-refractivity contribution in [2.45, 2.75) is 70.3 Å². The number of hydrazone groups is 1. The number of rotatable bonds is 4. The Morgan fingerprint density at radius 1 is 0.929 bits per heavy atom. The van der Waals surface area contributed by atoms with Crippen LogP contribution in [0.25, 0.3) is 0 Å². The molecule has 0 aromatic heterocycles. The molecule has 5 rings (SSSR count). The number of hydrogen-bond acceptors (Lipinski definition) is 4. The normalized spacial score (nSPS) is 28.6. The number of likely N-dealkylation sites (tertiary alicyclic amines) is 1. The lowest BCUT2D eigenvalue weighted by Gasteiger charge is -2.36. The molecule has 0 N–H and O–H groups in total. The van der Waals surface area contributed by atoms with Crippen LogP contribution in [0.1, 0.15) is 64.2 Å². The standard InChI is InChI=1S/C22H30N3OPS/c28-27(26-19-12-5-2-6-13-19)22-20(23-25(27)18-10-3-1-4-11-18)14-9-15-21(22)24-16-7-8-17-24/h1,3-4,10-11,19H,2,5-9,12-17H2/t27-/m1/s1. The first-order chi connectivity index (χ1) is 13.8. The van der Waals surface area contributed by atoms with E-state index < -0.39 is 6.42 Å². The van der Waals surface area contributed by atoms with Crippen LogP contribution in [0.2, 0.25) is 0 Å². The minimum Gasteiger partial charge on any atom is -0.374 e. The monoisotopic (exact) mass is 415 g/mol. The number of fused-ring (bicyclic) bond motifs is 1. The highest BCUT2D eigenvalue weighted by Gasteiger charge is 2.46. The molecule has 1 atom stereocenters. The van der Waals surface area contributed by atoms with Crippen molar-refractivity contribution in [3.63, 3.8) is 0 Å². The van der Waals surface area contributed by atoms with Gasteiger partial charge >= 0.3 is 0 Å². The van der Waals surface area contributed by atoms with Gasteiger partial charge in [-0.3, -0.25) is 0 Å². The molecule has 1 aromatic carbocycles. The first-order valence-electron chi connectivity index (χ1n) is 11.0. The molecule has 4 aliphatic rings. The van der Waals surface area contributed by atoms with Crippen LogP contribution in [0.4, 0.5) is 5.69 Å². The summed E-state index contributed by atoms with van der Waals surface area (Å²) in [4.78, 5) is 2.59. The van der Waals surface area contributed by atoms with Crippen LogP contribution in [0.5, 0.6) is 0 Å². The molecule has 4 nitrogen and oxygen atoms in total. The highest BCUT2D eigenvalue weighted by molar-refractivity contribution is 8.15. The maximum absolute atomic E-state index is 6.92. The van der Waals surface area contributed by atoms with Gasteiger partial charge in [-0.05, 0) is 68.9 Å². The molecule has 1 saturated carbocycles. The topological polar surface area (TPSA) is 28.1 Å². The molecule has 0 bridgehead atoms. The van der Waals surface area contributed by atoms with Crippen LogP contribution in [-0.2, 0) is 16.3 Å². The van der Waals surface area contributed by atoms with Crippen molar-refractivity contribution in [1.29, 1.82) is 0 Å². The Bertz CT molecular complexity index is 825. The number of hydrogen-bond donors (Lipinski definition) is 0. The zero-order valence-corrected chi connectivity index (χ0v) is 18.3. The number of para-hydroxylation sites is 1. The Balaban J connectivity index is 1.59. The van der Waals surface area contributed by atoms with E-state index in [9.17, 15) is 0 Å². The SMILES string of the molecule is S=[P@]1(OC2CCCCC2)C2=C(N3CCCC3)CCCC2=NN1c1ccccc1. The van der Waals surface area contributed by atoms with Gasteiger partial charge in [0.1, 0.15) is 0 Å². The molecule has 6 heteroatoms. The summed E-state index contributed by atoms with van der Waals surface area (Å²) >= 11 is 6.48. The minimum absolute atomic E-state index is 0.287. The Kier molecular flexibility index (Phi) is 5.34. The third-order valence-corrected chi connectivity index (χ3v) is 10.2. The molecule has 0 radical (unpaired) electrons. The Hall–Kier alpha value is -1.16. The maximum atomic E-state index is 6.92. The molecular formula is C22H30N3OPS. The summed E-state index contributed by atoms with van der Waals surface area (Å²) in [6, 6.07) is 10.5. The van der Waals surface area contributed by atoms with Gasteiger partial charge in [0.05, 0.1) is 22.8 Å². The molecule has 1 saturated heterocycles. The largest absolute Gasteiger partial charge is 0.374 e. The maximum Gasteiger partial charge on any atom is 0.210 e. The Morgan fingerprint density at radius 2 is 1.68 bits per heavy atom. The first-order valence-corrected chi connectivity index (χ1v) is 13.6. The van der Waals surface area contributed by atoms with Crippen LogP contribution in [0.3, 0.4) is 0 Å². The van der Waals surface area contributed by atoms with Crippen LogP contribution >= 0.6 is 6.42 Å². The summed E-state index contributed by atoms with van der Waals surface area (Å²) in [6.07, 6.45) is 9.92. The molecule has 2 heterocycles. The van der Waals surface area contributed by atoms with Gasteiger partial charge in [-0.1, -0.05) is 37.5 Å². The van der Waals surface area contributed by atoms with Gasteiger partial charge in [0.25, 0.3) is 0 Å². The quantitative estimate of drug-likeness (QED) is 0.563. The summed E-state index contributed by atoms with van der Waals surface area (Å²) in [5.74, 6) is 0. The second-order valence-corrected chi connectivity index (χ2v) is 12.0. The van der Waals surface area contributed by atoms with Crippen LogP contribution in [0.15, 0.2) is 46.4 Å². The molecule has 2 aliphatic heterocycles.